The maximum Gasteiger partial charge on any atom is 0.341 e. The van der Waals surface area contributed by atoms with Gasteiger partial charge in [-0.2, -0.15) is 0 Å². The predicted octanol–water partition coefficient (Wildman–Crippen LogP) is 5.21. The second kappa shape index (κ2) is 9.19. The molecule has 0 spiro atoms. The Labute approximate surface area is 214 Å². The average Bonchev–Trinajstić information content (AvgIpc) is 3.45. The summed E-state index contributed by atoms with van der Waals surface area (Å²) in [6.45, 7) is 9.56. The molecule has 0 radical (unpaired) electrons. The number of anilines is 2. The van der Waals surface area contributed by atoms with Crippen LogP contribution in [0.15, 0.2) is 48.5 Å². The first-order chi connectivity index (χ1) is 17.2. The van der Waals surface area contributed by atoms with Crippen molar-refractivity contribution in [3.05, 3.63) is 81.2 Å². The number of thiophene rings is 1. The van der Waals surface area contributed by atoms with E-state index in [0.29, 0.717) is 10.6 Å². The van der Waals surface area contributed by atoms with Crippen LogP contribution in [-0.2, 0) is 19.2 Å². The zero-order valence-electron chi connectivity index (χ0n) is 20.9. The summed E-state index contributed by atoms with van der Waals surface area (Å²) in [6.07, 6.45) is -0.999. The van der Waals surface area contributed by atoms with Crippen LogP contribution in [0.4, 0.5) is 10.7 Å². The molecule has 3 atom stereocenters. The van der Waals surface area contributed by atoms with Crippen molar-refractivity contribution in [3.8, 4) is 0 Å². The van der Waals surface area contributed by atoms with Crippen LogP contribution in [0.2, 0.25) is 0 Å². The van der Waals surface area contributed by atoms with E-state index in [2.05, 4.69) is 0 Å². The van der Waals surface area contributed by atoms with Crippen molar-refractivity contribution < 1.29 is 24.0 Å². The molecule has 0 aliphatic carbocycles. The molecule has 0 N–H and O–H groups in total. The number of carbonyl (C=O) groups is 3. The molecule has 2 amide bonds. The minimum Gasteiger partial charge on any atom is -0.462 e. The fraction of sp³-hybridized carbons (Fsp3) is 0.321. The van der Waals surface area contributed by atoms with Gasteiger partial charge in [-0.05, 0) is 57.4 Å². The molecule has 3 heterocycles. The Morgan fingerprint density at radius 1 is 1.00 bits per heavy atom. The molecule has 2 fully saturated rings. The second-order valence-corrected chi connectivity index (χ2v) is 10.4. The van der Waals surface area contributed by atoms with Crippen LogP contribution in [0.1, 0.15) is 50.5 Å². The molecule has 2 aliphatic heterocycles. The maximum absolute atomic E-state index is 14.0. The van der Waals surface area contributed by atoms with E-state index in [1.54, 1.807) is 18.9 Å². The SMILES string of the molecule is CCOC(=O)c1c(N2C(=O)C3ON(c4ccccc4C)C(c4ccc(C)cc4)C3C2=O)sc(C)c1C. The first-order valence-electron chi connectivity index (χ1n) is 12.0. The van der Waals surface area contributed by atoms with Crippen LogP contribution in [0.3, 0.4) is 0 Å². The summed E-state index contributed by atoms with van der Waals surface area (Å²) in [5, 5.41) is 2.01. The maximum atomic E-state index is 14.0. The molecular formula is C28H28N2O5S. The van der Waals surface area contributed by atoms with Gasteiger partial charge in [-0.15, -0.1) is 11.3 Å². The van der Waals surface area contributed by atoms with Gasteiger partial charge in [-0.1, -0.05) is 48.0 Å². The zero-order chi connectivity index (χ0) is 25.7. The molecule has 3 aromatic rings. The van der Waals surface area contributed by atoms with Crippen LogP contribution in [0, 0.1) is 33.6 Å². The smallest absolute Gasteiger partial charge is 0.341 e. The summed E-state index contributed by atoms with van der Waals surface area (Å²) in [4.78, 5) is 48.8. The molecule has 1 aromatic heterocycles. The number of rotatable bonds is 5. The fourth-order valence-electron chi connectivity index (χ4n) is 4.95. The van der Waals surface area contributed by atoms with E-state index in [0.717, 1.165) is 32.2 Å². The quantitative estimate of drug-likeness (QED) is 0.351. The van der Waals surface area contributed by atoms with Gasteiger partial charge in [0.15, 0.2) is 6.10 Å². The van der Waals surface area contributed by atoms with Crippen LogP contribution in [-0.4, -0.2) is 30.5 Å². The lowest BCUT2D eigenvalue weighted by atomic mass is 9.90. The number of ether oxygens (including phenoxy) is 1. The van der Waals surface area contributed by atoms with Crippen molar-refractivity contribution >= 4 is 39.8 Å². The Morgan fingerprint density at radius 2 is 1.69 bits per heavy atom. The highest BCUT2D eigenvalue weighted by Gasteiger charge is 2.61. The Kier molecular flexibility index (Phi) is 6.18. The van der Waals surface area contributed by atoms with Crippen molar-refractivity contribution in [2.75, 3.05) is 16.6 Å². The van der Waals surface area contributed by atoms with Crippen molar-refractivity contribution in [2.24, 2.45) is 5.92 Å². The molecule has 3 unspecified atom stereocenters. The number of nitrogens with zero attached hydrogens (tertiary/aromatic N) is 2. The summed E-state index contributed by atoms with van der Waals surface area (Å²) < 4.78 is 5.26. The third-order valence-electron chi connectivity index (χ3n) is 6.94. The van der Waals surface area contributed by atoms with Crippen molar-refractivity contribution in [1.82, 2.24) is 0 Å². The normalized spacial score (nSPS) is 21.3. The molecule has 2 saturated heterocycles. The van der Waals surface area contributed by atoms with Gasteiger partial charge in [0.05, 0.1) is 23.9 Å². The number of aryl methyl sites for hydroxylation is 3. The first-order valence-corrected chi connectivity index (χ1v) is 12.8. The highest BCUT2D eigenvalue weighted by atomic mass is 32.1. The van der Waals surface area contributed by atoms with Crippen molar-refractivity contribution in [1.29, 1.82) is 0 Å². The van der Waals surface area contributed by atoms with E-state index in [1.807, 2.05) is 69.3 Å². The fourth-order valence-corrected chi connectivity index (χ4v) is 6.10. The largest absolute Gasteiger partial charge is 0.462 e. The number of hydrogen-bond donors (Lipinski definition) is 0. The van der Waals surface area contributed by atoms with Gasteiger partial charge in [0.1, 0.15) is 10.9 Å². The van der Waals surface area contributed by atoms with E-state index in [4.69, 9.17) is 9.57 Å². The van der Waals surface area contributed by atoms with Gasteiger partial charge >= 0.3 is 5.97 Å². The third-order valence-corrected chi connectivity index (χ3v) is 8.13. The van der Waals surface area contributed by atoms with Gasteiger partial charge < -0.3 is 4.74 Å². The number of fused-ring (bicyclic) bond motifs is 1. The Balaban J connectivity index is 1.61. The number of hydrogen-bond acceptors (Lipinski definition) is 7. The lowest BCUT2D eigenvalue weighted by molar-refractivity contribution is -0.126. The molecule has 7 nitrogen and oxygen atoms in total. The number of esters is 1. The highest BCUT2D eigenvalue weighted by Crippen LogP contribution is 2.50. The summed E-state index contributed by atoms with van der Waals surface area (Å²) in [7, 11) is 0. The van der Waals surface area contributed by atoms with Gasteiger partial charge in [0.2, 0.25) is 5.91 Å². The van der Waals surface area contributed by atoms with E-state index in [9.17, 15) is 14.4 Å². The van der Waals surface area contributed by atoms with Crippen LogP contribution in [0.5, 0.6) is 0 Å². The van der Waals surface area contributed by atoms with E-state index in [1.165, 1.54) is 11.3 Å². The average molecular weight is 505 g/mol. The number of amides is 2. The highest BCUT2D eigenvalue weighted by molar-refractivity contribution is 7.17. The van der Waals surface area contributed by atoms with Gasteiger partial charge in [0.25, 0.3) is 5.91 Å². The van der Waals surface area contributed by atoms with E-state index in [-0.39, 0.29) is 18.1 Å². The number of hydroxylamine groups is 1. The molecule has 2 aromatic carbocycles. The predicted molar refractivity (Wildman–Crippen MR) is 138 cm³/mol. The lowest BCUT2D eigenvalue weighted by Gasteiger charge is -2.29. The third kappa shape index (κ3) is 3.72. The number of carbonyl (C=O) groups excluding carboxylic acids is 3. The molecule has 2 aliphatic rings. The van der Waals surface area contributed by atoms with Crippen LogP contribution >= 0.6 is 11.3 Å². The number of imide groups is 1. The lowest BCUT2D eigenvalue weighted by Crippen LogP contribution is -2.38. The Hall–Kier alpha value is -3.49. The minimum absolute atomic E-state index is 0.198. The van der Waals surface area contributed by atoms with Gasteiger partial charge in [-0.3, -0.25) is 14.4 Å². The van der Waals surface area contributed by atoms with Crippen LogP contribution in [0.25, 0.3) is 0 Å². The standard InChI is InChI=1S/C28H28N2O5S/c1-6-34-28(33)21-17(4)18(5)36-27(21)29-25(31)22-23(19-13-11-15(2)12-14-19)30(35-24(22)26(29)32)20-10-8-7-9-16(20)3/h7-14,22-24H,6H2,1-5H3. The molecule has 36 heavy (non-hydrogen) atoms. The molecule has 0 saturated carbocycles. The first kappa shape index (κ1) is 24.2. The zero-order valence-corrected chi connectivity index (χ0v) is 21.7. The number of para-hydroxylation sites is 1. The topological polar surface area (TPSA) is 76.2 Å². The molecule has 186 valence electrons. The molecular weight excluding hydrogens is 476 g/mol. The monoisotopic (exact) mass is 504 g/mol. The van der Waals surface area contributed by atoms with Crippen LogP contribution < -0.4 is 9.96 Å². The Morgan fingerprint density at radius 3 is 2.36 bits per heavy atom. The summed E-state index contributed by atoms with van der Waals surface area (Å²) in [5.41, 5.74) is 4.73. The molecule has 8 heteroatoms. The molecule has 5 rings (SSSR count). The Bertz CT molecular complexity index is 1360. The number of benzene rings is 2. The summed E-state index contributed by atoms with van der Waals surface area (Å²) >= 11 is 1.25. The molecule has 0 bridgehead atoms. The van der Waals surface area contributed by atoms with E-state index >= 15 is 0 Å². The van der Waals surface area contributed by atoms with Crippen molar-refractivity contribution in [2.45, 2.75) is 46.8 Å². The van der Waals surface area contributed by atoms with Gasteiger partial charge in [-0.25, -0.2) is 14.8 Å². The van der Waals surface area contributed by atoms with Crippen molar-refractivity contribution in [3.63, 3.8) is 0 Å². The summed E-state index contributed by atoms with van der Waals surface area (Å²) in [6, 6.07) is 15.2. The van der Waals surface area contributed by atoms with Gasteiger partial charge in [0, 0.05) is 4.88 Å². The summed E-state index contributed by atoms with van der Waals surface area (Å²) in [5.74, 6) is -2.15. The second-order valence-electron chi connectivity index (χ2n) is 9.22. The minimum atomic E-state index is -0.999. The van der Waals surface area contributed by atoms with E-state index < -0.39 is 29.9 Å².